The highest BCUT2D eigenvalue weighted by Crippen LogP contribution is 2.05. The number of carbonyl (C=O) groups is 3. The average molecular weight is 258 g/mol. The molecule has 18 heavy (non-hydrogen) atoms. The van der Waals surface area contributed by atoms with Crippen LogP contribution in [0.1, 0.15) is 39.5 Å². The van der Waals surface area contributed by atoms with Gasteiger partial charge in [-0.05, 0) is 18.8 Å². The van der Waals surface area contributed by atoms with E-state index in [0.29, 0.717) is 12.3 Å². The summed E-state index contributed by atoms with van der Waals surface area (Å²) in [5.74, 6) is -1.22. The molecule has 0 aromatic rings. The van der Waals surface area contributed by atoms with Crippen LogP contribution in [0, 0.1) is 5.92 Å². The number of carboxylic acid groups (broad SMARTS) is 1. The molecular formula is C12H22N2O4. The summed E-state index contributed by atoms with van der Waals surface area (Å²) in [5, 5.41) is 10.8. The second-order valence-electron chi connectivity index (χ2n) is 4.73. The summed E-state index contributed by atoms with van der Waals surface area (Å²) in [6, 6.07) is -0.611. The zero-order chi connectivity index (χ0) is 14.1. The van der Waals surface area contributed by atoms with Crippen molar-refractivity contribution in [1.29, 1.82) is 0 Å². The highest BCUT2D eigenvalue weighted by atomic mass is 16.4. The van der Waals surface area contributed by atoms with Gasteiger partial charge in [0.1, 0.15) is 0 Å². The Bertz CT molecular complexity index is 302. The van der Waals surface area contributed by atoms with E-state index in [-0.39, 0.29) is 31.1 Å². The van der Waals surface area contributed by atoms with Crippen LogP contribution in [0.2, 0.25) is 0 Å². The first-order chi connectivity index (χ1) is 8.32. The molecule has 0 saturated heterocycles. The highest BCUT2D eigenvalue weighted by Gasteiger charge is 2.14. The summed E-state index contributed by atoms with van der Waals surface area (Å²) in [5.41, 5.74) is 5.66. The van der Waals surface area contributed by atoms with Gasteiger partial charge >= 0.3 is 5.97 Å². The van der Waals surface area contributed by atoms with Gasteiger partial charge in [-0.2, -0.15) is 0 Å². The molecule has 0 rings (SSSR count). The van der Waals surface area contributed by atoms with Crippen molar-refractivity contribution in [3.05, 3.63) is 0 Å². The normalized spacial score (nSPS) is 12.2. The van der Waals surface area contributed by atoms with Crippen molar-refractivity contribution in [1.82, 2.24) is 5.32 Å². The van der Waals surface area contributed by atoms with E-state index < -0.39 is 12.0 Å². The Hall–Kier alpha value is -1.43. The van der Waals surface area contributed by atoms with Gasteiger partial charge in [-0.15, -0.1) is 0 Å². The lowest BCUT2D eigenvalue weighted by atomic mass is 10.0. The molecule has 0 saturated carbocycles. The van der Waals surface area contributed by atoms with Gasteiger partial charge in [-0.25, -0.2) is 0 Å². The number of nitrogens with one attached hydrogen (secondary N) is 1. The highest BCUT2D eigenvalue weighted by molar-refractivity contribution is 5.89. The molecule has 6 heteroatoms. The molecule has 0 aliphatic carbocycles. The predicted octanol–water partition coefficient (Wildman–Crippen LogP) is 0.300. The largest absolute Gasteiger partial charge is 0.481 e. The van der Waals surface area contributed by atoms with E-state index in [1.165, 1.54) is 0 Å². The molecule has 0 aliphatic rings. The Kier molecular flexibility index (Phi) is 7.94. The van der Waals surface area contributed by atoms with E-state index >= 15 is 0 Å². The molecular weight excluding hydrogens is 236 g/mol. The van der Waals surface area contributed by atoms with E-state index in [2.05, 4.69) is 5.32 Å². The quantitative estimate of drug-likeness (QED) is 0.551. The summed E-state index contributed by atoms with van der Waals surface area (Å²) in [6.45, 7) is 3.93. The number of rotatable bonds is 9. The van der Waals surface area contributed by atoms with Crippen LogP contribution in [0.15, 0.2) is 0 Å². The van der Waals surface area contributed by atoms with Crippen LogP contribution in [-0.4, -0.2) is 35.4 Å². The lowest BCUT2D eigenvalue weighted by Gasteiger charge is -2.12. The third-order valence-corrected chi connectivity index (χ3v) is 2.47. The van der Waals surface area contributed by atoms with Gasteiger partial charge in [0.2, 0.25) is 5.91 Å². The molecule has 1 amide bonds. The lowest BCUT2D eigenvalue weighted by molar-refractivity contribution is -0.138. The number of Topliss-reactive ketones (excluding diaryl/α,β-unsaturated/α-hetero) is 1. The second-order valence-corrected chi connectivity index (χ2v) is 4.73. The van der Waals surface area contributed by atoms with Crippen LogP contribution in [0.3, 0.4) is 0 Å². The Labute approximate surface area is 107 Å². The average Bonchev–Trinajstić information content (AvgIpc) is 2.30. The van der Waals surface area contributed by atoms with Crippen molar-refractivity contribution in [3.63, 3.8) is 0 Å². The molecule has 104 valence electrons. The minimum absolute atomic E-state index is 0.0726. The van der Waals surface area contributed by atoms with Crippen molar-refractivity contribution in [2.75, 3.05) is 6.54 Å². The number of hydrogen-bond acceptors (Lipinski definition) is 4. The van der Waals surface area contributed by atoms with Crippen molar-refractivity contribution in [2.45, 2.75) is 45.6 Å². The first-order valence-corrected chi connectivity index (χ1v) is 6.09. The van der Waals surface area contributed by atoms with Gasteiger partial charge < -0.3 is 16.2 Å². The maximum atomic E-state index is 11.5. The fourth-order valence-electron chi connectivity index (χ4n) is 1.30. The number of amides is 1. The van der Waals surface area contributed by atoms with Gasteiger partial charge in [-0.1, -0.05) is 13.8 Å². The van der Waals surface area contributed by atoms with Crippen LogP contribution in [0.25, 0.3) is 0 Å². The monoisotopic (exact) mass is 258 g/mol. The molecule has 0 heterocycles. The summed E-state index contributed by atoms with van der Waals surface area (Å²) in [7, 11) is 0. The zero-order valence-electron chi connectivity index (χ0n) is 10.9. The molecule has 0 bridgehead atoms. The minimum Gasteiger partial charge on any atom is -0.481 e. The van der Waals surface area contributed by atoms with E-state index in [0.717, 1.165) is 6.42 Å². The van der Waals surface area contributed by atoms with Crippen LogP contribution in [-0.2, 0) is 14.4 Å². The van der Waals surface area contributed by atoms with Crippen LogP contribution >= 0.6 is 0 Å². The van der Waals surface area contributed by atoms with E-state index in [4.69, 9.17) is 10.8 Å². The fraction of sp³-hybridized carbons (Fsp3) is 0.750. The van der Waals surface area contributed by atoms with Gasteiger partial charge in [0, 0.05) is 6.42 Å². The van der Waals surface area contributed by atoms with Gasteiger partial charge in [0.15, 0.2) is 5.78 Å². The van der Waals surface area contributed by atoms with Crippen LogP contribution in [0.4, 0.5) is 0 Å². The molecule has 0 spiro atoms. The summed E-state index contributed by atoms with van der Waals surface area (Å²) >= 11 is 0. The van der Waals surface area contributed by atoms with Crippen LogP contribution < -0.4 is 11.1 Å². The summed E-state index contributed by atoms with van der Waals surface area (Å²) in [4.78, 5) is 33.0. The molecule has 0 radical (unpaired) electrons. The molecule has 6 nitrogen and oxygen atoms in total. The van der Waals surface area contributed by atoms with Crippen molar-refractivity contribution < 1.29 is 19.5 Å². The molecule has 0 aromatic carbocycles. The molecule has 1 atom stereocenters. The van der Waals surface area contributed by atoms with Crippen LogP contribution in [0.5, 0.6) is 0 Å². The van der Waals surface area contributed by atoms with E-state index in [1.807, 2.05) is 13.8 Å². The van der Waals surface area contributed by atoms with Crippen molar-refractivity contribution in [3.8, 4) is 0 Å². The molecule has 0 aromatic heterocycles. The fourth-order valence-corrected chi connectivity index (χ4v) is 1.30. The predicted molar refractivity (Wildman–Crippen MR) is 66.9 cm³/mol. The standard InChI is InChI=1S/C12H22N2O4/c1-8(2)3-5-10(13)12(18)14-7-9(15)4-6-11(16)17/h8,10H,3-7,13H2,1-2H3,(H,14,18)(H,16,17). The molecule has 0 fully saturated rings. The van der Waals surface area contributed by atoms with Gasteiger partial charge in [0.05, 0.1) is 19.0 Å². The number of aliphatic carboxylic acids is 1. The number of carboxylic acids is 1. The van der Waals surface area contributed by atoms with Gasteiger partial charge in [-0.3, -0.25) is 14.4 Å². The Morgan fingerprint density at radius 1 is 1.17 bits per heavy atom. The SMILES string of the molecule is CC(C)CCC(N)C(=O)NCC(=O)CCC(=O)O. The third-order valence-electron chi connectivity index (χ3n) is 2.47. The minimum atomic E-state index is -1.02. The third kappa shape index (κ3) is 8.69. The maximum absolute atomic E-state index is 11.5. The Balaban J connectivity index is 3.80. The lowest BCUT2D eigenvalue weighted by Crippen LogP contribution is -2.42. The number of ketones is 1. The zero-order valence-corrected chi connectivity index (χ0v) is 10.9. The summed E-state index contributed by atoms with van der Waals surface area (Å²) < 4.78 is 0. The van der Waals surface area contributed by atoms with E-state index in [9.17, 15) is 14.4 Å². The van der Waals surface area contributed by atoms with Gasteiger partial charge in [0.25, 0.3) is 0 Å². The Morgan fingerprint density at radius 2 is 1.78 bits per heavy atom. The number of nitrogens with two attached hydrogens (primary N) is 1. The number of hydrogen-bond donors (Lipinski definition) is 3. The van der Waals surface area contributed by atoms with Crippen molar-refractivity contribution >= 4 is 17.7 Å². The van der Waals surface area contributed by atoms with Crippen molar-refractivity contribution in [2.24, 2.45) is 11.7 Å². The maximum Gasteiger partial charge on any atom is 0.303 e. The molecule has 1 unspecified atom stereocenters. The number of carbonyl (C=O) groups excluding carboxylic acids is 2. The molecule has 0 aliphatic heterocycles. The first-order valence-electron chi connectivity index (χ1n) is 6.09. The second kappa shape index (κ2) is 8.63. The molecule has 4 N–H and O–H groups in total. The topological polar surface area (TPSA) is 109 Å². The summed E-state index contributed by atoms with van der Waals surface area (Å²) in [6.07, 6.45) is 1.14. The smallest absolute Gasteiger partial charge is 0.303 e. The first kappa shape index (κ1) is 16.6. The van der Waals surface area contributed by atoms with E-state index in [1.54, 1.807) is 0 Å². The Morgan fingerprint density at radius 3 is 2.28 bits per heavy atom.